The highest BCUT2D eigenvalue weighted by molar-refractivity contribution is 7.09. The summed E-state index contributed by atoms with van der Waals surface area (Å²) in [6.07, 6.45) is 3.84. The zero-order valence-corrected chi connectivity index (χ0v) is 11.7. The van der Waals surface area contributed by atoms with Crippen molar-refractivity contribution in [3.05, 3.63) is 16.1 Å². The van der Waals surface area contributed by atoms with Gasteiger partial charge in [-0.3, -0.25) is 9.69 Å². The van der Waals surface area contributed by atoms with Crippen molar-refractivity contribution in [1.82, 2.24) is 9.88 Å². The van der Waals surface area contributed by atoms with Crippen molar-refractivity contribution in [2.24, 2.45) is 0 Å². The molecule has 1 aromatic rings. The molecule has 2 rings (SSSR count). The molecule has 0 aliphatic carbocycles. The first kappa shape index (κ1) is 13.5. The number of carboxylic acid groups (broad SMARTS) is 1. The molecule has 0 saturated carbocycles. The second-order valence-corrected chi connectivity index (χ2v) is 5.90. The van der Waals surface area contributed by atoms with Gasteiger partial charge in [0, 0.05) is 11.4 Å². The Morgan fingerprint density at radius 2 is 2.44 bits per heavy atom. The predicted octanol–water partition coefficient (Wildman–Crippen LogP) is 2.71. The highest BCUT2D eigenvalue weighted by atomic mass is 32.1. The van der Waals surface area contributed by atoms with Crippen LogP contribution in [0.25, 0.3) is 0 Å². The van der Waals surface area contributed by atoms with Crippen molar-refractivity contribution < 1.29 is 9.90 Å². The van der Waals surface area contributed by atoms with E-state index in [1.165, 1.54) is 19.3 Å². The van der Waals surface area contributed by atoms with Crippen LogP contribution in [-0.4, -0.2) is 33.5 Å². The Bertz CT molecular complexity index is 419. The summed E-state index contributed by atoms with van der Waals surface area (Å²) in [5.41, 5.74) is 0.680. The van der Waals surface area contributed by atoms with Gasteiger partial charge in [0.25, 0.3) is 0 Å². The third-order valence-corrected chi connectivity index (χ3v) is 4.67. The van der Waals surface area contributed by atoms with E-state index in [2.05, 4.69) is 23.7 Å². The molecule has 2 unspecified atom stereocenters. The summed E-state index contributed by atoms with van der Waals surface area (Å²) >= 11 is 1.58. The number of hydrogen-bond donors (Lipinski definition) is 1. The molecule has 1 aliphatic heterocycles. The number of nitrogens with zero attached hydrogens (tertiary/aromatic N) is 2. The van der Waals surface area contributed by atoms with Gasteiger partial charge in [0.2, 0.25) is 0 Å². The van der Waals surface area contributed by atoms with E-state index < -0.39 is 5.97 Å². The molecule has 4 nitrogen and oxygen atoms in total. The fraction of sp³-hybridized carbons (Fsp3) is 0.692. The number of thiazole rings is 1. The van der Waals surface area contributed by atoms with Crippen molar-refractivity contribution in [3.8, 4) is 0 Å². The Hall–Kier alpha value is -0.940. The van der Waals surface area contributed by atoms with E-state index in [4.69, 9.17) is 5.11 Å². The molecule has 2 heterocycles. The second-order valence-electron chi connectivity index (χ2n) is 5.01. The minimum Gasteiger partial charge on any atom is -0.481 e. The summed E-state index contributed by atoms with van der Waals surface area (Å²) in [5, 5.41) is 11.7. The van der Waals surface area contributed by atoms with Gasteiger partial charge in [-0.1, -0.05) is 6.42 Å². The average molecular weight is 268 g/mol. The van der Waals surface area contributed by atoms with Gasteiger partial charge in [-0.15, -0.1) is 11.3 Å². The molecule has 1 fully saturated rings. The van der Waals surface area contributed by atoms with Crippen LogP contribution in [0.4, 0.5) is 0 Å². The molecule has 1 saturated heterocycles. The van der Waals surface area contributed by atoms with E-state index in [1.807, 2.05) is 5.38 Å². The lowest BCUT2D eigenvalue weighted by atomic mass is 10.0. The summed E-state index contributed by atoms with van der Waals surface area (Å²) in [4.78, 5) is 17.6. The maximum atomic E-state index is 10.7. The number of hydrogen-bond acceptors (Lipinski definition) is 4. The summed E-state index contributed by atoms with van der Waals surface area (Å²) in [7, 11) is 0. The number of rotatable bonds is 4. The lowest BCUT2D eigenvalue weighted by Crippen LogP contribution is -2.39. The number of aliphatic carboxylic acids is 1. The number of likely N-dealkylation sites (tertiary alicyclic amines) is 1. The monoisotopic (exact) mass is 268 g/mol. The first-order valence-corrected chi connectivity index (χ1v) is 7.37. The van der Waals surface area contributed by atoms with E-state index >= 15 is 0 Å². The summed E-state index contributed by atoms with van der Waals surface area (Å²) in [6.45, 7) is 5.56. The lowest BCUT2D eigenvalue weighted by molar-refractivity contribution is -0.136. The Morgan fingerprint density at radius 1 is 1.67 bits per heavy atom. The molecule has 0 radical (unpaired) electrons. The molecule has 0 spiro atoms. The van der Waals surface area contributed by atoms with E-state index in [9.17, 15) is 4.79 Å². The molecule has 18 heavy (non-hydrogen) atoms. The van der Waals surface area contributed by atoms with Gasteiger partial charge in [0.05, 0.1) is 18.2 Å². The van der Waals surface area contributed by atoms with Gasteiger partial charge in [-0.2, -0.15) is 0 Å². The highest BCUT2D eigenvalue weighted by Gasteiger charge is 2.25. The van der Waals surface area contributed by atoms with Gasteiger partial charge in [-0.25, -0.2) is 4.98 Å². The van der Waals surface area contributed by atoms with Gasteiger partial charge in [0.1, 0.15) is 5.01 Å². The van der Waals surface area contributed by atoms with Crippen LogP contribution in [-0.2, 0) is 11.2 Å². The van der Waals surface area contributed by atoms with Crippen molar-refractivity contribution in [2.75, 3.05) is 6.54 Å². The summed E-state index contributed by atoms with van der Waals surface area (Å²) < 4.78 is 0. The van der Waals surface area contributed by atoms with Crippen molar-refractivity contribution >= 4 is 17.3 Å². The third-order valence-electron chi connectivity index (χ3n) is 3.61. The van der Waals surface area contributed by atoms with Crippen LogP contribution in [0, 0.1) is 0 Å². The minimum absolute atomic E-state index is 0.0266. The molecular formula is C13H20N2O2S. The van der Waals surface area contributed by atoms with E-state index in [1.54, 1.807) is 11.3 Å². The average Bonchev–Trinajstić information content (AvgIpc) is 2.76. The van der Waals surface area contributed by atoms with E-state index in [0.717, 1.165) is 11.6 Å². The molecule has 0 aromatic carbocycles. The van der Waals surface area contributed by atoms with Crippen LogP contribution in [0.15, 0.2) is 5.38 Å². The molecule has 1 N–H and O–H groups in total. The fourth-order valence-corrected chi connectivity index (χ4v) is 3.48. The third kappa shape index (κ3) is 3.09. The molecule has 100 valence electrons. The largest absolute Gasteiger partial charge is 0.481 e. The zero-order valence-electron chi connectivity index (χ0n) is 10.9. The second kappa shape index (κ2) is 5.80. The first-order chi connectivity index (χ1) is 8.58. The fourth-order valence-electron chi connectivity index (χ4n) is 2.59. The Morgan fingerprint density at radius 3 is 3.11 bits per heavy atom. The van der Waals surface area contributed by atoms with Crippen LogP contribution in [0.3, 0.4) is 0 Å². The molecule has 1 aromatic heterocycles. The topological polar surface area (TPSA) is 53.4 Å². The van der Waals surface area contributed by atoms with Gasteiger partial charge in [0.15, 0.2) is 0 Å². The van der Waals surface area contributed by atoms with Crippen LogP contribution < -0.4 is 0 Å². The number of piperidine rings is 1. The lowest BCUT2D eigenvalue weighted by Gasteiger charge is -2.37. The van der Waals surface area contributed by atoms with Gasteiger partial charge >= 0.3 is 5.97 Å². The van der Waals surface area contributed by atoms with Crippen LogP contribution in [0.5, 0.6) is 0 Å². The van der Waals surface area contributed by atoms with E-state index in [-0.39, 0.29) is 6.42 Å². The SMILES string of the molecule is CC1CCCCN1C(C)c1nc(CC(=O)O)cs1. The van der Waals surface area contributed by atoms with Crippen molar-refractivity contribution in [2.45, 2.75) is 51.6 Å². The highest BCUT2D eigenvalue weighted by Crippen LogP contribution is 2.29. The van der Waals surface area contributed by atoms with Crippen molar-refractivity contribution in [3.63, 3.8) is 0 Å². The molecular weight excluding hydrogens is 248 g/mol. The molecule has 0 bridgehead atoms. The zero-order chi connectivity index (χ0) is 13.1. The van der Waals surface area contributed by atoms with Crippen LogP contribution in [0.2, 0.25) is 0 Å². The molecule has 1 aliphatic rings. The number of aromatic nitrogens is 1. The number of carbonyl (C=O) groups is 1. The predicted molar refractivity (Wildman–Crippen MR) is 71.9 cm³/mol. The maximum absolute atomic E-state index is 10.7. The van der Waals surface area contributed by atoms with Crippen LogP contribution in [0.1, 0.15) is 49.9 Å². The summed E-state index contributed by atoms with van der Waals surface area (Å²) in [5.74, 6) is -0.814. The standard InChI is InChI=1S/C13H20N2O2S/c1-9-5-3-4-6-15(9)10(2)13-14-11(8-18-13)7-12(16)17/h8-10H,3-7H2,1-2H3,(H,16,17). The minimum atomic E-state index is -0.814. The smallest absolute Gasteiger partial charge is 0.309 e. The van der Waals surface area contributed by atoms with Gasteiger partial charge < -0.3 is 5.11 Å². The molecule has 2 atom stereocenters. The first-order valence-electron chi connectivity index (χ1n) is 6.49. The quantitative estimate of drug-likeness (QED) is 0.912. The Balaban J connectivity index is 2.05. The molecule has 5 heteroatoms. The normalized spacial score (nSPS) is 22.9. The van der Waals surface area contributed by atoms with Crippen LogP contribution >= 0.6 is 11.3 Å². The Kier molecular flexibility index (Phi) is 4.35. The van der Waals surface area contributed by atoms with Gasteiger partial charge in [-0.05, 0) is 33.2 Å². The van der Waals surface area contributed by atoms with Crippen molar-refractivity contribution in [1.29, 1.82) is 0 Å². The number of carboxylic acids is 1. The Labute approximate surface area is 112 Å². The maximum Gasteiger partial charge on any atom is 0.309 e. The van der Waals surface area contributed by atoms with E-state index in [0.29, 0.717) is 17.8 Å². The summed E-state index contributed by atoms with van der Waals surface area (Å²) in [6, 6.07) is 0.897. The molecule has 0 amide bonds.